The first-order valence-corrected chi connectivity index (χ1v) is 5.73. The second-order valence-electron chi connectivity index (χ2n) is 4.36. The van der Waals surface area contributed by atoms with E-state index in [-0.39, 0.29) is 5.92 Å². The van der Waals surface area contributed by atoms with Gasteiger partial charge in [-0.15, -0.1) is 0 Å². The van der Waals surface area contributed by atoms with E-state index in [2.05, 4.69) is 10.1 Å². The maximum Gasteiger partial charge on any atom is 0.258 e. The second kappa shape index (κ2) is 4.67. The van der Waals surface area contributed by atoms with Gasteiger partial charge >= 0.3 is 0 Å². The van der Waals surface area contributed by atoms with Gasteiger partial charge in [0, 0.05) is 18.0 Å². The summed E-state index contributed by atoms with van der Waals surface area (Å²) < 4.78 is 5.32. The lowest BCUT2D eigenvalue weighted by Gasteiger charge is -2.04. The van der Waals surface area contributed by atoms with Crippen LogP contribution in [0.15, 0.2) is 22.7 Å². The van der Waals surface area contributed by atoms with E-state index in [0.717, 1.165) is 16.7 Å². The lowest BCUT2D eigenvalue weighted by molar-refractivity contribution is 0.417. The molecular weight excluding hydrogens is 214 g/mol. The highest BCUT2D eigenvalue weighted by Gasteiger charge is 2.16. The van der Waals surface area contributed by atoms with Crippen molar-refractivity contribution in [1.82, 2.24) is 10.1 Å². The van der Waals surface area contributed by atoms with Crippen LogP contribution in [0.5, 0.6) is 0 Å². The third-order valence-electron chi connectivity index (χ3n) is 2.93. The molecule has 0 aliphatic rings. The van der Waals surface area contributed by atoms with Crippen LogP contribution in [0, 0.1) is 13.8 Å². The molecule has 0 aliphatic heterocycles. The van der Waals surface area contributed by atoms with Crippen molar-refractivity contribution in [2.45, 2.75) is 26.7 Å². The fraction of sp³-hybridized carbons (Fsp3) is 0.385. The fourth-order valence-electron chi connectivity index (χ4n) is 1.79. The predicted molar refractivity (Wildman–Crippen MR) is 66.7 cm³/mol. The average Bonchev–Trinajstić information content (AvgIpc) is 2.77. The Hall–Kier alpha value is -1.68. The highest BCUT2D eigenvalue weighted by molar-refractivity contribution is 5.62. The number of aromatic nitrogens is 2. The van der Waals surface area contributed by atoms with Crippen molar-refractivity contribution in [1.29, 1.82) is 0 Å². The minimum atomic E-state index is 0.122. The third-order valence-corrected chi connectivity index (χ3v) is 2.93. The Morgan fingerprint density at radius 3 is 2.53 bits per heavy atom. The lowest BCUT2D eigenvalue weighted by Crippen LogP contribution is -2.10. The monoisotopic (exact) mass is 231 g/mol. The molecule has 1 unspecified atom stereocenters. The standard InChI is InChI=1S/C13H17N3O/c1-8-5-4-6-9(2)11(8)13-15-12(16-17-13)10(3)7-14/h4-6,10H,7,14H2,1-3H3. The highest BCUT2D eigenvalue weighted by Crippen LogP contribution is 2.26. The molecule has 0 amide bonds. The Morgan fingerprint density at radius 1 is 1.29 bits per heavy atom. The molecule has 2 N–H and O–H groups in total. The van der Waals surface area contributed by atoms with Crippen LogP contribution in [0.4, 0.5) is 0 Å². The van der Waals surface area contributed by atoms with Crippen LogP contribution in [0.3, 0.4) is 0 Å². The molecular formula is C13H17N3O. The van der Waals surface area contributed by atoms with E-state index >= 15 is 0 Å². The van der Waals surface area contributed by atoms with Gasteiger partial charge in [-0.05, 0) is 25.0 Å². The molecule has 90 valence electrons. The van der Waals surface area contributed by atoms with Gasteiger partial charge in [-0.2, -0.15) is 4.98 Å². The van der Waals surface area contributed by atoms with Gasteiger partial charge in [0.15, 0.2) is 5.82 Å². The van der Waals surface area contributed by atoms with Crippen molar-refractivity contribution in [2.75, 3.05) is 6.54 Å². The Morgan fingerprint density at radius 2 is 1.94 bits per heavy atom. The van der Waals surface area contributed by atoms with Crippen LogP contribution in [0.1, 0.15) is 29.8 Å². The molecule has 1 atom stereocenters. The maximum atomic E-state index is 5.59. The first-order chi connectivity index (χ1) is 8.13. The van der Waals surface area contributed by atoms with Crippen LogP contribution < -0.4 is 5.73 Å². The Labute approximate surface area is 101 Å². The highest BCUT2D eigenvalue weighted by atomic mass is 16.5. The zero-order chi connectivity index (χ0) is 12.4. The molecule has 17 heavy (non-hydrogen) atoms. The summed E-state index contributed by atoms with van der Waals surface area (Å²) in [6, 6.07) is 6.10. The van der Waals surface area contributed by atoms with Crippen molar-refractivity contribution in [3.05, 3.63) is 35.2 Å². The minimum absolute atomic E-state index is 0.122. The van der Waals surface area contributed by atoms with E-state index in [1.54, 1.807) is 0 Å². The number of hydrogen-bond donors (Lipinski definition) is 1. The summed E-state index contributed by atoms with van der Waals surface area (Å²) >= 11 is 0. The SMILES string of the molecule is Cc1cccc(C)c1-c1nc(C(C)CN)no1. The molecule has 0 aliphatic carbocycles. The van der Waals surface area contributed by atoms with E-state index in [4.69, 9.17) is 10.3 Å². The predicted octanol–water partition coefficient (Wildman–Crippen LogP) is 2.42. The number of aryl methyl sites for hydroxylation is 2. The van der Waals surface area contributed by atoms with Crippen molar-refractivity contribution < 1.29 is 4.52 Å². The molecule has 0 radical (unpaired) electrons. The molecule has 2 rings (SSSR count). The molecule has 0 spiro atoms. The molecule has 4 heteroatoms. The van der Waals surface area contributed by atoms with Gasteiger partial charge in [-0.25, -0.2) is 0 Å². The normalized spacial score (nSPS) is 12.7. The van der Waals surface area contributed by atoms with Crippen LogP contribution in [-0.2, 0) is 0 Å². The van der Waals surface area contributed by atoms with Gasteiger partial charge in [0.2, 0.25) is 0 Å². The summed E-state index contributed by atoms with van der Waals surface area (Å²) in [6.07, 6.45) is 0. The minimum Gasteiger partial charge on any atom is -0.334 e. The summed E-state index contributed by atoms with van der Waals surface area (Å²) in [5, 5.41) is 3.98. The summed E-state index contributed by atoms with van der Waals surface area (Å²) in [6.45, 7) is 6.59. The van der Waals surface area contributed by atoms with Crippen molar-refractivity contribution in [2.24, 2.45) is 5.73 Å². The molecule has 1 aromatic carbocycles. The molecule has 0 fully saturated rings. The zero-order valence-corrected chi connectivity index (χ0v) is 10.4. The lowest BCUT2D eigenvalue weighted by atomic mass is 10.0. The first kappa shape index (κ1) is 11.8. The largest absolute Gasteiger partial charge is 0.334 e. The zero-order valence-electron chi connectivity index (χ0n) is 10.4. The van der Waals surface area contributed by atoms with E-state index in [9.17, 15) is 0 Å². The average molecular weight is 231 g/mol. The number of hydrogen-bond acceptors (Lipinski definition) is 4. The molecule has 2 aromatic rings. The molecule has 1 heterocycles. The smallest absolute Gasteiger partial charge is 0.258 e. The fourth-order valence-corrected chi connectivity index (χ4v) is 1.79. The Bertz CT molecular complexity index is 499. The molecule has 0 bridgehead atoms. The Kier molecular flexibility index (Phi) is 3.24. The molecule has 0 saturated carbocycles. The van der Waals surface area contributed by atoms with E-state index < -0.39 is 0 Å². The van der Waals surface area contributed by atoms with Gasteiger partial charge in [0.25, 0.3) is 5.89 Å². The van der Waals surface area contributed by atoms with Crippen molar-refractivity contribution in [3.63, 3.8) is 0 Å². The molecule has 4 nitrogen and oxygen atoms in total. The van der Waals surface area contributed by atoms with Crippen molar-refractivity contribution >= 4 is 0 Å². The van der Waals surface area contributed by atoms with Crippen molar-refractivity contribution in [3.8, 4) is 11.5 Å². The van der Waals surface area contributed by atoms with E-state index in [0.29, 0.717) is 18.3 Å². The summed E-state index contributed by atoms with van der Waals surface area (Å²) in [5.41, 5.74) is 8.89. The van der Waals surface area contributed by atoms with E-state index in [1.165, 1.54) is 0 Å². The van der Waals surface area contributed by atoms with Crippen LogP contribution >= 0.6 is 0 Å². The maximum absolute atomic E-state index is 5.59. The van der Waals surface area contributed by atoms with Gasteiger partial charge < -0.3 is 10.3 Å². The summed E-state index contributed by atoms with van der Waals surface area (Å²) in [5.74, 6) is 1.37. The summed E-state index contributed by atoms with van der Waals surface area (Å²) in [7, 11) is 0. The first-order valence-electron chi connectivity index (χ1n) is 5.73. The molecule has 0 saturated heterocycles. The van der Waals surface area contributed by atoms with E-state index in [1.807, 2.05) is 39.0 Å². The van der Waals surface area contributed by atoms with Gasteiger partial charge in [0.1, 0.15) is 0 Å². The van der Waals surface area contributed by atoms with Crippen LogP contribution in [0.25, 0.3) is 11.5 Å². The summed E-state index contributed by atoms with van der Waals surface area (Å²) in [4.78, 5) is 4.42. The topological polar surface area (TPSA) is 64.9 Å². The van der Waals surface area contributed by atoms with Gasteiger partial charge in [0.05, 0.1) is 0 Å². The Balaban J connectivity index is 2.44. The molecule has 1 aromatic heterocycles. The number of nitrogens with two attached hydrogens (primary N) is 1. The quantitative estimate of drug-likeness (QED) is 0.881. The number of benzene rings is 1. The number of rotatable bonds is 3. The van der Waals surface area contributed by atoms with Gasteiger partial charge in [-0.3, -0.25) is 0 Å². The third kappa shape index (κ3) is 2.22. The van der Waals surface area contributed by atoms with Crippen LogP contribution in [-0.4, -0.2) is 16.7 Å². The second-order valence-corrected chi connectivity index (χ2v) is 4.36. The van der Waals surface area contributed by atoms with Crippen LogP contribution in [0.2, 0.25) is 0 Å². The van der Waals surface area contributed by atoms with Gasteiger partial charge in [-0.1, -0.05) is 30.3 Å². The number of nitrogens with zero attached hydrogens (tertiary/aromatic N) is 2.